The van der Waals surface area contributed by atoms with Gasteiger partial charge in [0.05, 0.1) is 6.10 Å². The lowest BCUT2D eigenvalue weighted by Gasteiger charge is -2.21. The summed E-state index contributed by atoms with van der Waals surface area (Å²) in [6.07, 6.45) is 14.5. The fraction of sp³-hybridized carbons (Fsp3) is 0.944. The topological polar surface area (TPSA) is 38.3 Å². The quantitative estimate of drug-likeness (QED) is 0.693. The number of amides is 1. The Morgan fingerprint density at radius 3 is 2.43 bits per heavy atom. The van der Waals surface area contributed by atoms with Crippen LogP contribution in [0.2, 0.25) is 0 Å². The molecule has 0 aromatic rings. The van der Waals surface area contributed by atoms with Crippen molar-refractivity contribution in [2.45, 2.75) is 76.7 Å². The Morgan fingerprint density at radius 1 is 0.905 bits per heavy atom. The van der Waals surface area contributed by atoms with E-state index in [9.17, 15) is 4.79 Å². The molecule has 3 heteroatoms. The maximum absolute atomic E-state index is 12.0. The monoisotopic (exact) mass is 293 g/mol. The molecule has 3 saturated carbocycles. The molecule has 1 N–H and O–H groups in total. The molecule has 0 heterocycles. The van der Waals surface area contributed by atoms with Gasteiger partial charge in [-0.2, -0.15) is 0 Å². The lowest BCUT2D eigenvalue weighted by atomic mass is 9.98. The highest BCUT2D eigenvalue weighted by Crippen LogP contribution is 2.57. The maximum atomic E-state index is 12.0. The normalized spacial score (nSPS) is 31.9. The van der Waals surface area contributed by atoms with Gasteiger partial charge < -0.3 is 10.1 Å². The molecule has 0 aromatic carbocycles. The predicted molar refractivity (Wildman–Crippen MR) is 84.0 cm³/mol. The first-order valence-electron chi connectivity index (χ1n) is 9.25. The van der Waals surface area contributed by atoms with E-state index in [4.69, 9.17) is 4.74 Å². The van der Waals surface area contributed by atoms with Gasteiger partial charge in [-0.15, -0.1) is 0 Å². The smallest absolute Gasteiger partial charge is 0.223 e. The average molecular weight is 293 g/mol. The van der Waals surface area contributed by atoms with E-state index in [0.717, 1.165) is 37.8 Å². The standard InChI is InChI=1S/C18H31NO2/c20-18(17-15-10-7-11-16(15)17)19-12-5-2-6-13-21-14-8-3-1-4-9-14/h14-17H,1-13H2,(H,19,20). The Hall–Kier alpha value is -0.570. The Morgan fingerprint density at radius 2 is 1.67 bits per heavy atom. The van der Waals surface area contributed by atoms with Gasteiger partial charge in [0.1, 0.15) is 0 Å². The highest BCUT2D eigenvalue weighted by atomic mass is 16.5. The van der Waals surface area contributed by atoms with Crippen molar-refractivity contribution in [3.8, 4) is 0 Å². The van der Waals surface area contributed by atoms with Gasteiger partial charge in [0.15, 0.2) is 0 Å². The van der Waals surface area contributed by atoms with Crippen LogP contribution in [0, 0.1) is 17.8 Å². The van der Waals surface area contributed by atoms with Gasteiger partial charge in [-0.1, -0.05) is 25.7 Å². The fourth-order valence-corrected chi connectivity index (χ4v) is 4.43. The molecular formula is C18H31NO2. The molecular weight excluding hydrogens is 262 g/mol. The minimum Gasteiger partial charge on any atom is -0.378 e. The number of carbonyl (C=O) groups is 1. The number of fused-ring (bicyclic) bond motifs is 1. The van der Waals surface area contributed by atoms with Crippen LogP contribution < -0.4 is 5.32 Å². The first kappa shape index (κ1) is 15.3. The highest BCUT2D eigenvalue weighted by Gasteiger charge is 2.56. The lowest BCUT2D eigenvalue weighted by molar-refractivity contribution is -0.123. The molecule has 0 aliphatic heterocycles. The number of hydrogen-bond donors (Lipinski definition) is 1. The molecule has 2 unspecified atom stereocenters. The number of nitrogens with one attached hydrogen (secondary N) is 1. The highest BCUT2D eigenvalue weighted by molar-refractivity contribution is 5.82. The van der Waals surface area contributed by atoms with Crippen LogP contribution in [0.25, 0.3) is 0 Å². The van der Waals surface area contributed by atoms with Gasteiger partial charge in [-0.05, 0) is 56.8 Å². The maximum Gasteiger partial charge on any atom is 0.223 e. The number of hydrogen-bond acceptors (Lipinski definition) is 2. The van der Waals surface area contributed by atoms with Crippen molar-refractivity contribution >= 4 is 5.91 Å². The summed E-state index contributed by atoms with van der Waals surface area (Å²) in [4.78, 5) is 12.0. The molecule has 3 rings (SSSR count). The van der Waals surface area contributed by atoms with Gasteiger partial charge in [0.25, 0.3) is 0 Å². The first-order valence-corrected chi connectivity index (χ1v) is 9.25. The molecule has 0 spiro atoms. The van der Waals surface area contributed by atoms with E-state index in [1.807, 2.05) is 0 Å². The molecule has 0 radical (unpaired) electrons. The van der Waals surface area contributed by atoms with E-state index in [1.165, 1.54) is 57.8 Å². The van der Waals surface area contributed by atoms with Gasteiger partial charge >= 0.3 is 0 Å². The average Bonchev–Trinajstić information content (AvgIpc) is 3.00. The van der Waals surface area contributed by atoms with Crippen LogP contribution in [0.4, 0.5) is 0 Å². The summed E-state index contributed by atoms with van der Waals surface area (Å²) >= 11 is 0. The van der Waals surface area contributed by atoms with E-state index in [1.54, 1.807) is 0 Å². The largest absolute Gasteiger partial charge is 0.378 e. The van der Waals surface area contributed by atoms with Gasteiger partial charge in [-0.25, -0.2) is 0 Å². The number of carbonyl (C=O) groups excluding carboxylic acids is 1. The van der Waals surface area contributed by atoms with E-state index in [0.29, 0.717) is 17.9 Å². The van der Waals surface area contributed by atoms with Gasteiger partial charge in [0.2, 0.25) is 5.91 Å². The van der Waals surface area contributed by atoms with E-state index >= 15 is 0 Å². The van der Waals surface area contributed by atoms with Crippen LogP contribution in [-0.2, 0) is 9.53 Å². The molecule has 120 valence electrons. The SMILES string of the molecule is O=C(NCCCCCOC1CCCCC1)C1C2CCCC21. The lowest BCUT2D eigenvalue weighted by Crippen LogP contribution is -2.27. The Labute approximate surface area is 129 Å². The molecule has 3 aliphatic carbocycles. The zero-order chi connectivity index (χ0) is 14.5. The summed E-state index contributed by atoms with van der Waals surface area (Å²) in [5.41, 5.74) is 0. The number of unbranched alkanes of at least 4 members (excludes halogenated alkanes) is 2. The van der Waals surface area contributed by atoms with Crippen molar-refractivity contribution in [1.82, 2.24) is 5.32 Å². The summed E-state index contributed by atoms with van der Waals surface area (Å²) in [6.45, 7) is 1.77. The minimum absolute atomic E-state index is 0.336. The molecule has 21 heavy (non-hydrogen) atoms. The van der Waals surface area contributed by atoms with Crippen LogP contribution in [0.15, 0.2) is 0 Å². The molecule has 0 saturated heterocycles. The third kappa shape index (κ3) is 4.21. The summed E-state index contributed by atoms with van der Waals surface area (Å²) in [7, 11) is 0. The van der Waals surface area contributed by atoms with Gasteiger partial charge in [0, 0.05) is 19.1 Å². The first-order chi connectivity index (χ1) is 10.4. The fourth-order valence-electron chi connectivity index (χ4n) is 4.43. The molecule has 3 fully saturated rings. The predicted octanol–water partition coefficient (Wildman–Crippen LogP) is 3.67. The Kier molecular flexibility index (Phi) is 5.56. The van der Waals surface area contributed by atoms with Crippen molar-refractivity contribution in [3.05, 3.63) is 0 Å². The zero-order valence-electron chi connectivity index (χ0n) is 13.3. The third-order valence-electron chi connectivity index (χ3n) is 5.74. The Bertz CT molecular complexity index is 328. The van der Waals surface area contributed by atoms with Crippen molar-refractivity contribution in [2.24, 2.45) is 17.8 Å². The van der Waals surface area contributed by atoms with Crippen LogP contribution in [0.3, 0.4) is 0 Å². The second-order valence-electron chi connectivity index (χ2n) is 7.27. The summed E-state index contributed by atoms with van der Waals surface area (Å²) in [6, 6.07) is 0. The molecule has 1 amide bonds. The zero-order valence-corrected chi connectivity index (χ0v) is 13.3. The minimum atomic E-state index is 0.336. The second-order valence-corrected chi connectivity index (χ2v) is 7.27. The molecule has 0 bridgehead atoms. The van der Waals surface area contributed by atoms with E-state index in [2.05, 4.69) is 5.32 Å². The van der Waals surface area contributed by atoms with Crippen molar-refractivity contribution < 1.29 is 9.53 Å². The van der Waals surface area contributed by atoms with Crippen molar-refractivity contribution in [1.29, 1.82) is 0 Å². The third-order valence-corrected chi connectivity index (χ3v) is 5.74. The molecule has 3 nitrogen and oxygen atoms in total. The van der Waals surface area contributed by atoms with E-state index in [-0.39, 0.29) is 0 Å². The number of rotatable bonds is 8. The number of ether oxygens (including phenoxy) is 1. The van der Waals surface area contributed by atoms with E-state index < -0.39 is 0 Å². The molecule has 2 atom stereocenters. The molecule has 3 aliphatic rings. The second kappa shape index (κ2) is 7.62. The van der Waals surface area contributed by atoms with Crippen molar-refractivity contribution in [2.75, 3.05) is 13.2 Å². The Balaban J connectivity index is 1.14. The summed E-state index contributed by atoms with van der Waals surface area (Å²) < 4.78 is 5.92. The molecule has 0 aromatic heterocycles. The van der Waals surface area contributed by atoms with Gasteiger partial charge in [-0.3, -0.25) is 4.79 Å². The summed E-state index contributed by atoms with van der Waals surface area (Å²) in [5, 5.41) is 3.13. The van der Waals surface area contributed by atoms with Crippen LogP contribution in [0.5, 0.6) is 0 Å². The summed E-state index contributed by atoms with van der Waals surface area (Å²) in [5.74, 6) is 2.21. The van der Waals surface area contributed by atoms with Crippen LogP contribution >= 0.6 is 0 Å². The van der Waals surface area contributed by atoms with Crippen LogP contribution in [0.1, 0.15) is 70.6 Å². The van der Waals surface area contributed by atoms with Crippen LogP contribution in [-0.4, -0.2) is 25.2 Å². The van der Waals surface area contributed by atoms with Crippen molar-refractivity contribution in [3.63, 3.8) is 0 Å².